The van der Waals surface area contributed by atoms with Crippen LogP contribution in [-0.4, -0.2) is 38.1 Å². The monoisotopic (exact) mass is 468 g/mol. The van der Waals surface area contributed by atoms with E-state index in [1.165, 1.54) is 25.3 Å². The average molecular weight is 469 g/mol. The van der Waals surface area contributed by atoms with Crippen LogP contribution in [0.4, 0.5) is 11.4 Å². The molecule has 0 saturated carbocycles. The van der Waals surface area contributed by atoms with Crippen LogP contribution in [0.2, 0.25) is 5.02 Å². The maximum atomic E-state index is 12.3. The average Bonchev–Trinajstić information content (AvgIpc) is 2.81. The Kier molecular flexibility index (Phi) is 8.40. The minimum atomic E-state index is -0.649. The molecule has 0 aliphatic heterocycles. The molecule has 0 aliphatic carbocycles. The normalized spacial score (nSPS) is 10.2. The lowest BCUT2D eigenvalue weighted by Crippen LogP contribution is -2.24. The summed E-state index contributed by atoms with van der Waals surface area (Å²) in [4.78, 5) is 36.3. The Labute approximate surface area is 195 Å². The summed E-state index contributed by atoms with van der Waals surface area (Å²) in [6, 6.07) is 20.5. The van der Waals surface area contributed by atoms with E-state index in [0.717, 1.165) is 0 Å². The van der Waals surface area contributed by atoms with E-state index in [9.17, 15) is 14.4 Å². The molecule has 0 aliphatic rings. The van der Waals surface area contributed by atoms with Crippen molar-refractivity contribution in [1.29, 1.82) is 0 Å². The molecule has 3 aromatic rings. The van der Waals surface area contributed by atoms with Gasteiger partial charge in [0.1, 0.15) is 19.0 Å². The maximum Gasteiger partial charge on any atom is 0.340 e. The number of methoxy groups -OCH3 is 1. The first kappa shape index (κ1) is 23.8. The lowest BCUT2D eigenvalue weighted by molar-refractivity contribution is -0.125. The zero-order valence-corrected chi connectivity index (χ0v) is 18.4. The Balaban J connectivity index is 1.52. The number of esters is 1. The van der Waals surface area contributed by atoms with E-state index in [1.54, 1.807) is 36.4 Å². The fourth-order valence-corrected chi connectivity index (χ4v) is 2.96. The van der Waals surface area contributed by atoms with Crippen LogP contribution in [0.5, 0.6) is 11.5 Å². The highest BCUT2D eigenvalue weighted by atomic mass is 35.5. The highest BCUT2D eigenvalue weighted by Crippen LogP contribution is 2.29. The Morgan fingerprint density at radius 3 is 2.15 bits per heavy atom. The van der Waals surface area contributed by atoms with E-state index in [2.05, 4.69) is 15.4 Å². The number of hydrogen-bond acceptors (Lipinski definition) is 6. The summed E-state index contributed by atoms with van der Waals surface area (Å²) in [5, 5.41) is 5.55. The Bertz CT molecular complexity index is 1140. The number of nitrogens with one attached hydrogen (secondary N) is 2. The summed E-state index contributed by atoms with van der Waals surface area (Å²) in [6.07, 6.45) is 0. The summed E-state index contributed by atoms with van der Waals surface area (Å²) in [5.74, 6) is -0.574. The molecule has 0 spiro atoms. The van der Waals surface area contributed by atoms with Gasteiger partial charge in [-0.2, -0.15) is 0 Å². The molecule has 0 fully saturated rings. The molecule has 0 atom stereocenters. The van der Waals surface area contributed by atoms with Gasteiger partial charge in [0.15, 0.2) is 5.75 Å². The predicted molar refractivity (Wildman–Crippen MR) is 124 cm³/mol. The largest absolute Gasteiger partial charge is 0.465 e. The number of hydrogen-bond donors (Lipinski definition) is 2. The summed E-state index contributed by atoms with van der Waals surface area (Å²) < 4.78 is 15.7. The zero-order valence-electron chi connectivity index (χ0n) is 17.7. The molecular weight excluding hydrogens is 448 g/mol. The van der Waals surface area contributed by atoms with Crippen molar-refractivity contribution in [1.82, 2.24) is 0 Å². The standard InChI is InChI=1S/C24H21ClN2O6/c1-31-24(30)18-13-16(25)11-12-19(18)26-22(28)14-32-15-23(29)27-20-9-5-6-10-21(20)33-17-7-3-2-4-8-17/h2-13H,14-15H2,1H3,(H,26,28)(H,27,29). The second-order valence-electron chi connectivity index (χ2n) is 6.68. The van der Waals surface area contributed by atoms with Gasteiger partial charge in [-0.05, 0) is 42.5 Å². The van der Waals surface area contributed by atoms with Gasteiger partial charge in [-0.3, -0.25) is 9.59 Å². The number of ether oxygens (including phenoxy) is 3. The van der Waals surface area contributed by atoms with Crippen molar-refractivity contribution >= 4 is 40.8 Å². The minimum absolute atomic E-state index is 0.103. The fraction of sp³-hybridized carbons (Fsp3) is 0.125. The second-order valence-corrected chi connectivity index (χ2v) is 7.12. The lowest BCUT2D eigenvalue weighted by Gasteiger charge is -2.13. The Hall–Kier alpha value is -3.88. The van der Waals surface area contributed by atoms with E-state index in [-0.39, 0.29) is 17.9 Å². The van der Waals surface area contributed by atoms with Gasteiger partial charge >= 0.3 is 5.97 Å². The van der Waals surface area contributed by atoms with Crippen LogP contribution >= 0.6 is 11.6 Å². The van der Waals surface area contributed by atoms with Crippen LogP contribution in [0.25, 0.3) is 0 Å². The summed E-state index contributed by atoms with van der Waals surface area (Å²) in [5.41, 5.74) is 0.783. The van der Waals surface area contributed by atoms with Gasteiger partial charge in [-0.15, -0.1) is 0 Å². The van der Waals surface area contributed by atoms with E-state index in [0.29, 0.717) is 22.2 Å². The molecule has 9 heteroatoms. The van der Waals surface area contributed by atoms with Gasteiger partial charge in [0.2, 0.25) is 11.8 Å². The number of anilines is 2. The molecule has 8 nitrogen and oxygen atoms in total. The molecule has 3 aromatic carbocycles. The molecule has 0 saturated heterocycles. The first-order valence-corrected chi connectivity index (χ1v) is 10.2. The first-order valence-electron chi connectivity index (χ1n) is 9.83. The molecule has 0 radical (unpaired) electrons. The van der Waals surface area contributed by atoms with Crippen molar-refractivity contribution in [3.8, 4) is 11.5 Å². The highest BCUT2D eigenvalue weighted by molar-refractivity contribution is 6.31. The molecule has 0 unspecified atom stereocenters. The third kappa shape index (κ3) is 7.06. The van der Waals surface area contributed by atoms with Gasteiger partial charge in [0.05, 0.1) is 24.0 Å². The van der Waals surface area contributed by atoms with Crippen molar-refractivity contribution in [3.63, 3.8) is 0 Å². The van der Waals surface area contributed by atoms with Gasteiger partial charge in [-0.25, -0.2) is 4.79 Å². The van der Waals surface area contributed by atoms with Crippen LogP contribution in [0, 0.1) is 0 Å². The van der Waals surface area contributed by atoms with Crippen LogP contribution in [-0.2, 0) is 19.1 Å². The fourth-order valence-electron chi connectivity index (χ4n) is 2.79. The number of carbonyl (C=O) groups is 3. The van der Waals surface area contributed by atoms with Gasteiger partial charge in [0.25, 0.3) is 0 Å². The number of amides is 2. The van der Waals surface area contributed by atoms with Crippen molar-refractivity contribution in [2.45, 2.75) is 0 Å². The third-order valence-corrected chi connectivity index (χ3v) is 4.49. The number of benzene rings is 3. The van der Waals surface area contributed by atoms with Crippen LogP contribution in [0.1, 0.15) is 10.4 Å². The smallest absolute Gasteiger partial charge is 0.340 e. The molecule has 0 bridgehead atoms. The molecule has 2 amide bonds. The first-order chi connectivity index (χ1) is 16.0. The SMILES string of the molecule is COC(=O)c1cc(Cl)ccc1NC(=O)COCC(=O)Nc1ccccc1Oc1ccccc1. The lowest BCUT2D eigenvalue weighted by atomic mass is 10.2. The van der Waals surface area contributed by atoms with Crippen LogP contribution in [0.15, 0.2) is 72.8 Å². The third-order valence-electron chi connectivity index (χ3n) is 4.26. The molecular formula is C24H21ClN2O6. The number of para-hydroxylation sites is 3. The quantitative estimate of drug-likeness (QED) is 0.448. The number of halogens is 1. The van der Waals surface area contributed by atoms with Crippen molar-refractivity contribution in [2.75, 3.05) is 31.0 Å². The maximum absolute atomic E-state index is 12.3. The zero-order chi connectivity index (χ0) is 23.6. The van der Waals surface area contributed by atoms with Crippen molar-refractivity contribution in [3.05, 3.63) is 83.4 Å². The van der Waals surface area contributed by atoms with Gasteiger partial charge in [-0.1, -0.05) is 41.9 Å². The summed E-state index contributed by atoms with van der Waals surface area (Å²) >= 11 is 5.90. The van der Waals surface area contributed by atoms with E-state index < -0.39 is 24.4 Å². The summed E-state index contributed by atoms with van der Waals surface area (Å²) in [7, 11) is 1.22. The van der Waals surface area contributed by atoms with Gasteiger partial charge in [0, 0.05) is 5.02 Å². The van der Waals surface area contributed by atoms with Crippen molar-refractivity contribution < 1.29 is 28.6 Å². The van der Waals surface area contributed by atoms with E-state index in [1.807, 2.05) is 18.2 Å². The Morgan fingerprint density at radius 2 is 1.45 bits per heavy atom. The molecule has 0 aromatic heterocycles. The minimum Gasteiger partial charge on any atom is -0.465 e. The van der Waals surface area contributed by atoms with Gasteiger partial charge < -0.3 is 24.8 Å². The Morgan fingerprint density at radius 1 is 0.818 bits per heavy atom. The molecule has 170 valence electrons. The highest BCUT2D eigenvalue weighted by Gasteiger charge is 2.15. The number of carbonyl (C=O) groups excluding carboxylic acids is 3. The van der Waals surface area contributed by atoms with Crippen molar-refractivity contribution in [2.24, 2.45) is 0 Å². The van der Waals surface area contributed by atoms with Crippen LogP contribution < -0.4 is 15.4 Å². The van der Waals surface area contributed by atoms with E-state index in [4.69, 9.17) is 21.1 Å². The molecule has 3 rings (SSSR count). The second kappa shape index (κ2) is 11.7. The van der Waals surface area contributed by atoms with Crippen LogP contribution in [0.3, 0.4) is 0 Å². The molecule has 2 N–H and O–H groups in total. The predicted octanol–water partition coefficient (Wildman–Crippen LogP) is 4.51. The number of rotatable bonds is 9. The molecule has 0 heterocycles. The molecule has 33 heavy (non-hydrogen) atoms. The summed E-state index contributed by atoms with van der Waals surface area (Å²) in [6.45, 7) is -0.767. The van der Waals surface area contributed by atoms with E-state index >= 15 is 0 Å². The topological polar surface area (TPSA) is 103 Å².